The van der Waals surface area contributed by atoms with E-state index in [2.05, 4.69) is 82.8 Å². The second-order valence-electron chi connectivity index (χ2n) is 5.02. The summed E-state index contributed by atoms with van der Waals surface area (Å²) in [5.41, 5.74) is 2.59. The Balaban J connectivity index is 2.36. The first-order chi connectivity index (χ1) is 9.54. The van der Waals surface area contributed by atoms with E-state index in [1.807, 2.05) is 18.4 Å². The quantitative estimate of drug-likeness (QED) is 0.815. The summed E-state index contributed by atoms with van der Waals surface area (Å²) < 4.78 is 1.12. The maximum Gasteiger partial charge on any atom is 0.0603 e. The van der Waals surface area contributed by atoms with E-state index in [1.165, 1.54) is 16.1 Å². The Labute approximate surface area is 133 Å². The third-order valence-electron chi connectivity index (χ3n) is 3.80. The average Bonchev–Trinajstić information content (AvgIpc) is 2.99. The SMILES string of the molecule is CNC(C)c1cc(Br)ccc1N(C)C(C)c1cccs1. The number of hydrogen-bond acceptors (Lipinski definition) is 3. The summed E-state index contributed by atoms with van der Waals surface area (Å²) in [7, 11) is 4.16. The molecular formula is C16H21BrN2S. The lowest BCUT2D eigenvalue weighted by atomic mass is 10.0. The van der Waals surface area contributed by atoms with Crippen LogP contribution in [0, 0.1) is 0 Å². The Hall–Kier alpha value is -0.840. The van der Waals surface area contributed by atoms with Crippen molar-refractivity contribution >= 4 is 33.0 Å². The van der Waals surface area contributed by atoms with E-state index in [4.69, 9.17) is 0 Å². The monoisotopic (exact) mass is 352 g/mol. The Morgan fingerprint density at radius 2 is 2.00 bits per heavy atom. The number of nitrogens with one attached hydrogen (secondary N) is 1. The predicted molar refractivity (Wildman–Crippen MR) is 92.8 cm³/mol. The molecular weight excluding hydrogens is 332 g/mol. The van der Waals surface area contributed by atoms with Gasteiger partial charge in [-0.2, -0.15) is 0 Å². The highest BCUT2D eigenvalue weighted by Gasteiger charge is 2.18. The van der Waals surface area contributed by atoms with Crippen molar-refractivity contribution in [2.45, 2.75) is 25.9 Å². The Bertz CT molecular complexity index is 554. The van der Waals surface area contributed by atoms with E-state index < -0.39 is 0 Å². The van der Waals surface area contributed by atoms with Gasteiger partial charge in [0.05, 0.1) is 6.04 Å². The molecule has 0 spiro atoms. The lowest BCUT2D eigenvalue weighted by Gasteiger charge is -2.30. The van der Waals surface area contributed by atoms with Crippen LogP contribution in [0.1, 0.15) is 36.4 Å². The highest BCUT2D eigenvalue weighted by atomic mass is 79.9. The molecule has 0 bridgehead atoms. The lowest BCUT2D eigenvalue weighted by molar-refractivity contribution is 0.643. The molecule has 1 aromatic carbocycles. The summed E-state index contributed by atoms with van der Waals surface area (Å²) in [4.78, 5) is 3.74. The van der Waals surface area contributed by atoms with Crippen molar-refractivity contribution in [3.63, 3.8) is 0 Å². The summed E-state index contributed by atoms with van der Waals surface area (Å²) in [5.74, 6) is 0. The normalized spacial score (nSPS) is 14.1. The minimum absolute atomic E-state index is 0.320. The molecule has 2 atom stereocenters. The van der Waals surface area contributed by atoms with Crippen molar-refractivity contribution in [3.05, 3.63) is 50.6 Å². The van der Waals surface area contributed by atoms with E-state index in [-0.39, 0.29) is 0 Å². The van der Waals surface area contributed by atoms with Crippen molar-refractivity contribution in [2.75, 3.05) is 19.0 Å². The van der Waals surface area contributed by atoms with Crippen molar-refractivity contribution in [3.8, 4) is 0 Å². The van der Waals surface area contributed by atoms with Gasteiger partial charge in [0.1, 0.15) is 0 Å². The van der Waals surface area contributed by atoms with Gasteiger partial charge >= 0.3 is 0 Å². The van der Waals surface area contributed by atoms with Gasteiger partial charge in [0, 0.05) is 28.1 Å². The van der Waals surface area contributed by atoms with E-state index >= 15 is 0 Å². The number of halogens is 1. The molecule has 1 heterocycles. The molecule has 1 aromatic heterocycles. The number of hydrogen-bond donors (Lipinski definition) is 1. The maximum absolute atomic E-state index is 3.57. The predicted octanol–water partition coefficient (Wildman–Crippen LogP) is 4.99. The van der Waals surface area contributed by atoms with Gasteiger partial charge < -0.3 is 10.2 Å². The highest BCUT2D eigenvalue weighted by molar-refractivity contribution is 9.10. The van der Waals surface area contributed by atoms with Crippen LogP contribution in [0.5, 0.6) is 0 Å². The molecule has 0 saturated heterocycles. The van der Waals surface area contributed by atoms with Crippen LogP contribution in [-0.2, 0) is 0 Å². The fourth-order valence-corrected chi connectivity index (χ4v) is 3.48. The first kappa shape index (κ1) is 15.5. The molecule has 2 nitrogen and oxygen atoms in total. The zero-order chi connectivity index (χ0) is 14.7. The Morgan fingerprint density at radius 1 is 1.25 bits per heavy atom. The van der Waals surface area contributed by atoms with Crippen LogP contribution in [0.25, 0.3) is 0 Å². The molecule has 20 heavy (non-hydrogen) atoms. The first-order valence-corrected chi connectivity index (χ1v) is 8.44. The van der Waals surface area contributed by atoms with E-state index in [1.54, 1.807) is 0 Å². The molecule has 0 radical (unpaired) electrons. The fraction of sp³-hybridized carbons (Fsp3) is 0.375. The molecule has 2 aromatic rings. The van der Waals surface area contributed by atoms with Gasteiger partial charge in [-0.25, -0.2) is 0 Å². The summed E-state index contributed by atoms with van der Waals surface area (Å²) in [6.45, 7) is 4.44. The molecule has 2 rings (SSSR count). The van der Waals surface area contributed by atoms with Crippen molar-refractivity contribution in [1.29, 1.82) is 0 Å². The van der Waals surface area contributed by atoms with E-state index in [9.17, 15) is 0 Å². The zero-order valence-corrected chi connectivity index (χ0v) is 14.8. The summed E-state index contributed by atoms with van der Waals surface area (Å²) in [6, 6.07) is 11.5. The summed E-state index contributed by atoms with van der Waals surface area (Å²) in [5, 5.41) is 5.47. The van der Waals surface area contributed by atoms with Gasteiger partial charge in [-0.3, -0.25) is 0 Å². The molecule has 2 unspecified atom stereocenters. The van der Waals surface area contributed by atoms with Gasteiger partial charge in [0.2, 0.25) is 0 Å². The number of benzene rings is 1. The van der Waals surface area contributed by atoms with Crippen LogP contribution in [0.2, 0.25) is 0 Å². The van der Waals surface area contributed by atoms with Crippen LogP contribution in [0.4, 0.5) is 5.69 Å². The Kier molecular flexibility index (Phi) is 5.24. The summed E-state index contributed by atoms with van der Waals surface area (Å²) >= 11 is 5.39. The third kappa shape index (κ3) is 3.25. The second kappa shape index (κ2) is 6.74. The van der Waals surface area contributed by atoms with Crippen molar-refractivity contribution < 1.29 is 0 Å². The van der Waals surface area contributed by atoms with Crippen LogP contribution in [0.15, 0.2) is 40.2 Å². The van der Waals surface area contributed by atoms with Crippen LogP contribution in [-0.4, -0.2) is 14.1 Å². The minimum atomic E-state index is 0.320. The largest absolute Gasteiger partial charge is 0.367 e. The van der Waals surface area contributed by atoms with Crippen LogP contribution >= 0.6 is 27.3 Å². The molecule has 0 aliphatic heterocycles. The smallest absolute Gasteiger partial charge is 0.0603 e. The molecule has 0 fully saturated rings. The second-order valence-corrected chi connectivity index (χ2v) is 6.91. The van der Waals surface area contributed by atoms with Crippen molar-refractivity contribution in [2.24, 2.45) is 0 Å². The number of rotatable bonds is 5. The minimum Gasteiger partial charge on any atom is -0.367 e. The fourth-order valence-electron chi connectivity index (χ4n) is 2.28. The molecule has 0 amide bonds. The van der Waals surface area contributed by atoms with Crippen molar-refractivity contribution in [1.82, 2.24) is 5.32 Å². The van der Waals surface area contributed by atoms with Gasteiger partial charge in [0.15, 0.2) is 0 Å². The van der Waals surface area contributed by atoms with Crippen LogP contribution in [0.3, 0.4) is 0 Å². The number of nitrogens with zero attached hydrogens (tertiary/aromatic N) is 1. The number of thiophene rings is 1. The molecule has 1 N–H and O–H groups in total. The van der Waals surface area contributed by atoms with E-state index in [0.29, 0.717) is 12.1 Å². The van der Waals surface area contributed by atoms with Gasteiger partial charge in [-0.15, -0.1) is 11.3 Å². The molecule has 0 aliphatic rings. The highest BCUT2D eigenvalue weighted by Crippen LogP contribution is 2.34. The first-order valence-electron chi connectivity index (χ1n) is 6.77. The topological polar surface area (TPSA) is 15.3 Å². The van der Waals surface area contributed by atoms with Gasteiger partial charge in [0.25, 0.3) is 0 Å². The molecule has 0 aliphatic carbocycles. The standard InChI is InChI=1S/C16H21BrN2S/c1-11(18-3)14-10-13(17)7-8-15(14)19(4)12(2)16-6-5-9-20-16/h5-12,18H,1-4H3. The summed E-state index contributed by atoms with van der Waals surface area (Å²) in [6.07, 6.45) is 0. The average molecular weight is 353 g/mol. The lowest BCUT2D eigenvalue weighted by Crippen LogP contribution is -2.24. The molecule has 108 valence electrons. The Morgan fingerprint density at radius 3 is 2.60 bits per heavy atom. The van der Waals surface area contributed by atoms with Gasteiger partial charge in [-0.1, -0.05) is 22.0 Å². The zero-order valence-electron chi connectivity index (χ0n) is 12.4. The third-order valence-corrected chi connectivity index (χ3v) is 5.34. The van der Waals surface area contributed by atoms with Gasteiger partial charge in [-0.05, 0) is 56.1 Å². The number of anilines is 1. The van der Waals surface area contributed by atoms with Crippen LogP contribution < -0.4 is 10.2 Å². The maximum atomic E-state index is 3.57. The molecule has 4 heteroatoms. The van der Waals surface area contributed by atoms with E-state index in [0.717, 1.165) is 4.47 Å². The molecule has 0 saturated carbocycles.